The topological polar surface area (TPSA) is 24.5 Å². The summed E-state index contributed by atoms with van der Waals surface area (Å²) in [6, 6.07) is 0.750. The van der Waals surface area contributed by atoms with Crippen LogP contribution in [0.4, 0.5) is 0 Å². The van der Waals surface area contributed by atoms with Crippen LogP contribution < -0.4 is 5.32 Å². The molecule has 0 radical (unpaired) electrons. The molecule has 3 unspecified atom stereocenters. The first-order valence-electron chi connectivity index (χ1n) is 7.33. The highest BCUT2D eigenvalue weighted by Crippen LogP contribution is 2.38. The van der Waals surface area contributed by atoms with Crippen molar-refractivity contribution in [1.29, 1.82) is 0 Å². The van der Waals surface area contributed by atoms with E-state index in [1.165, 1.54) is 32.4 Å². The monoisotopic (exact) mass is 238 g/mol. The minimum atomic E-state index is 0.402. The molecule has 3 heteroatoms. The van der Waals surface area contributed by atoms with E-state index in [4.69, 9.17) is 4.74 Å². The number of hydrogen-bond donors (Lipinski definition) is 1. The van der Waals surface area contributed by atoms with Gasteiger partial charge in [-0.3, -0.25) is 4.90 Å². The normalized spacial score (nSPS) is 47.3. The summed E-state index contributed by atoms with van der Waals surface area (Å²) in [4.78, 5) is 2.61. The minimum absolute atomic E-state index is 0.402. The SMILES string of the molecule is C[C@@H]1CN(CC2NCC3CCCC32)C[C@H](C)O1. The number of rotatable bonds is 2. The lowest BCUT2D eigenvalue weighted by Gasteiger charge is -2.37. The fourth-order valence-electron chi connectivity index (χ4n) is 4.21. The van der Waals surface area contributed by atoms with E-state index in [-0.39, 0.29) is 0 Å². The third-order valence-corrected chi connectivity index (χ3v) is 4.83. The molecule has 0 spiro atoms. The molecule has 3 fully saturated rings. The zero-order chi connectivity index (χ0) is 11.8. The molecule has 2 saturated heterocycles. The maximum atomic E-state index is 5.81. The van der Waals surface area contributed by atoms with Gasteiger partial charge in [0, 0.05) is 25.7 Å². The molecule has 1 saturated carbocycles. The predicted molar refractivity (Wildman–Crippen MR) is 69.1 cm³/mol. The number of fused-ring (bicyclic) bond motifs is 1. The molecule has 5 atom stereocenters. The van der Waals surface area contributed by atoms with Gasteiger partial charge in [-0.2, -0.15) is 0 Å². The molecule has 2 aliphatic heterocycles. The molecule has 0 bridgehead atoms. The fraction of sp³-hybridized carbons (Fsp3) is 1.00. The molecular weight excluding hydrogens is 212 g/mol. The van der Waals surface area contributed by atoms with Gasteiger partial charge in [0.2, 0.25) is 0 Å². The largest absolute Gasteiger partial charge is 0.373 e. The number of morpholine rings is 1. The molecule has 0 amide bonds. The van der Waals surface area contributed by atoms with Crippen molar-refractivity contribution in [2.75, 3.05) is 26.2 Å². The van der Waals surface area contributed by atoms with Crippen LogP contribution in [0.1, 0.15) is 33.1 Å². The molecule has 17 heavy (non-hydrogen) atoms. The highest BCUT2D eigenvalue weighted by atomic mass is 16.5. The van der Waals surface area contributed by atoms with Crippen molar-refractivity contribution in [2.24, 2.45) is 11.8 Å². The van der Waals surface area contributed by atoms with Crippen molar-refractivity contribution >= 4 is 0 Å². The lowest BCUT2D eigenvalue weighted by atomic mass is 9.93. The molecular formula is C14H26N2O. The summed E-state index contributed by atoms with van der Waals surface area (Å²) in [6.07, 6.45) is 5.18. The van der Waals surface area contributed by atoms with Crippen LogP contribution >= 0.6 is 0 Å². The highest BCUT2D eigenvalue weighted by molar-refractivity contribution is 4.96. The van der Waals surface area contributed by atoms with Gasteiger partial charge in [0.1, 0.15) is 0 Å². The molecule has 1 aliphatic carbocycles. The molecule has 0 aromatic carbocycles. The van der Waals surface area contributed by atoms with E-state index in [0.717, 1.165) is 31.0 Å². The van der Waals surface area contributed by atoms with Gasteiger partial charge < -0.3 is 10.1 Å². The summed E-state index contributed by atoms with van der Waals surface area (Å²) in [7, 11) is 0. The fourth-order valence-corrected chi connectivity index (χ4v) is 4.21. The summed E-state index contributed by atoms with van der Waals surface area (Å²) in [5, 5.41) is 3.75. The molecule has 3 aliphatic rings. The third-order valence-electron chi connectivity index (χ3n) is 4.83. The maximum Gasteiger partial charge on any atom is 0.0678 e. The van der Waals surface area contributed by atoms with Crippen LogP contribution in [0.25, 0.3) is 0 Å². The van der Waals surface area contributed by atoms with E-state index >= 15 is 0 Å². The Kier molecular flexibility index (Phi) is 3.42. The number of nitrogens with zero attached hydrogens (tertiary/aromatic N) is 1. The van der Waals surface area contributed by atoms with Crippen molar-refractivity contribution in [3.63, 3.8) is 0 Å². The van der Waals surface area contributed by atoms with Crippen molar-refractivity contribution in [3.05, 3.63) is 0 Å². The number of ether oxygens (including phenoxy) is 1. The first-order chi connectivity index (χ1) is 8.22. The predicted octanol–water partition coefficient (Wildman–Crippen LogP) is 1.48. The zero-order valence-electron chi connectivity index (χ0n) is 11.2. The zero-order valence-corrected chi connectivity index (χ0v) is 11.2. The summed E-state index contributed by atoms with van der Waals surface area (Å²) in [5.41, 5.74) is 0. The Balaban J connectivity index is 1.56. The van der Waals surface area contributed by atoms with Gasteiger partial charge in [0.25, 0.3) is 0 Å². The smallest absolute Gasteiger partial charge is 0.0678 e. The van der Waals surface area contributed by atoms with E-state index in [2.05, 4.69) is 24.1 Å². The van der Waals surface area contributed by atoms with Gasteiger partial charge >= 0.3 is 0 Å². The Labute approximate surface area is 105 Å². The van der Waals surface area contributed by atoms with Gasteiger partial charge in [-0.25, -0.2) is 0 Å². The Morgan fingerprint density at radius 3 is 2.71 bits per heavy atom. The van der Waals surface area contributed by atoms with E-state index in [9.17, 15) is 0 Å². The molecule has 98 valence electrons. The van der Waals surface area contributed by atoms with E-state index in [1.54, 1.807) is 0 Å². The molecule has 0 aromatic rings. The van der Waals surface area contributed by atoms with Crippen LogP contribution in [0.15, 0.2) is 0 Å². The van der Waals surface area contributed by atoms with Crippen LogP contribution in [0.3, 0.4) is 0 Å². The maximum absolute atomic E-state index is 5.81. The summed E-state index contributed by atoms with van der Waals surface area (Å²) in [5.74, 6) is 1.94. The molecule has 1 N–H and O–H groups in total. The summed E-state index contributed by atoms with van der Waals surface area (Å²) in [6.45, 7) is 9.12. The van der Waals surface area contributed by atoms with Gasteiger partial charge in [-0.15, -0.1) is 0 Å². The number of nitrogens with one attached hydrogen (secondary N) is 1. The van der Waals surface area contributed by atoms with Crippen LogP contribution in [0.5, 0.6) is 0 Å². The van der Waals surface area contributed by atoms with Crippen molar-refractivity contribution in [3.8, 4) is 0 Å². The molecule has 2 heterocycles. The average molecular weight is 238 g/mol. The molecule has 0 aromatic heterocycles. The first kappa shape index (κ1) is 11.9. The Bertz CT molecular complexity index is 261. The number of hydrogen-bond acceptors (Lipinski definition) is 3. The highest BCUT2D eigenvalue weighted by Gasteiger charge is 2.39. The minimum Gasteiger partial charge on any atom is -0.373 e. The molecule has 3 nitrogen and oxygen atoms in total. The van der Waals surface area contributed by atoms with Gasteiger partial charge in [-0.1, -0.05) is 6.42 Å². The standard InChI is InChI=1S/C14H26N2O/c1-10-7-16(8-11(2)17-10)9-14-13-5-3-4-12(13)6-15-14/h10-15H,3-9H2,1-2H3/t10-,11+,12?,13?,14?. The quantitative estimate of drug-likeness (QED) is 0.789. The lowest BCUT2D eigenvalue weighted by molar-refractivity contribution is -0.0704. The van der Waals surface area contributed by atoms with Crippen LogP contribution in [-0.2, 0) is 4.74 Å². The van der Waals surface area contributed by atoms with Crippen LogP contribution in [-0.4, -0.2) is 49.3 Å². The molecule has 3 rings (SSSR count). The van der Waals surface area contributed by atoms with Gasteiger partial charge in [-0.05, 0) is 45.1 Å². The van der Waals surface area contributed by atoms with Crippen LogP contribution in [0, 0.1) is 11.8 Å². The van der Waals surface area contributed by atoms with E-state index in [1.807, 2.05) is 0 Å². The Morgan fingerprint density at radius 1 is 1.18 bits per heavy atom. The van der Waals surface area contributed by atoms with E-state index < -0.39 is 0 Å². The van der Waals surface area contributed by atoms with Crippen molar-refractivity contribution in [2.45, 2.75) is 51.4 Å². The average Bonchev–Trinajstić information content (AvgIpc) is 2.81. The lowest BCUT2D eigenvalue weighted by Crippen LogP contribution is -2.50. The van der Waals surface area contributed by atoms with Crippen molar-refractivity contribution in [1.82, 2.24) is 10.2 Å². The van der Waals surface area contributed by atoms with Crippen LogP contribution in [0.2, 0.25) is 0 Å². The van der Waals surface area contributed by atoms with Gasteiger partial charge in [0.05, 0.1) is 12.2 Å². The van der Waals surface area contributed by atoms with Gasteiger partial charge in [0.15, 0.2) is 0 Å². The second kappa shape index (κ2) is 4.87. The first-order valence-corrected chi connectivity index (χ1v) is 7.33. The second-order valence-electron chi connectivity index (χ2n) is 6.35. The van der Waals surface area contributed by atoms with Crippen molar-refractivity contribution < 1.29 is 4.74 Å². The second-order valence-corrected chi connectivity index (χ2v) is 6.35. The summed E-state index contributed by atoms with van der Waals surface area (Å²) >= 11 is 0. The third kappa shape index (κ3) is 2.51. The Hall–Kier alpha value is -0.120. The van der Waals surface area contributed by atoms with E-state index in [0.29, 0.717) is 12.2 Å². The summed E-state index contributed by atoms with van der Waals surface area (Å²) < 4.78 is 5.81. The Morgan fingerprint density at radius 2 is 1.94 bits per heavy atom.